The molecule has 2 heterocycles. The van der Waals surface area contributed by atoms with Crippen LogP contribution in [0.15, 0.2) is 12.5 Å². The number of aromatic nitrogens is 2. The monoisotopic (exact) mass is 256 g/mol. The summed E-state index contributed by atoms with van der Waals surface area (Å²) in [5, 5.41) is 20.6. The maximum Gasteiger partial charge on any atom is 0.342 e. The molecule has 1 unspecified atom stereocenters. The first-order valence-corrected chi connectivity index (χ1v) is 5.79. The molecule has 1 atom stereocenters. The maximum absolute atomic E-state index is 10.7. The molecule has 1 fully saturated rings. The molecule has 8 heteroatoms. The Morgan fingerprint density at radius 2 is 2.22 bits per heavy atom. The largest absolute Gasteiger partial charge is 0.388 e. The van der Waals surface area contributed by atoms with Crippen molar-refractivity contribution in [3.63, 3.8) is 0 Å². The second-order valence-corrected chi connectivity index (χ2v) is 4.23. The normalized spacial score (nSPS) is 18.7. The number of β-amino-alcohol motifs (C(OH)–C–C–N with tert-alkyl or cyclic N) is 1. The highest BCUT2D eigenvalue weighted by atomic mass is 16.6. The number of hydrogen-bond acceptors (Lipinski definition) is 6. The van der Waals surface area contributed by atoms with Crippen molar-refractivity contribution in [1.29, 1.82) is 0 Å². The molecular weight excluding hydrogens is 240 g/mol. The summed E-state index contributed by atoms with van der Waals surface area (Å²) >= 11 is 0. The van der Waals surface area contributed by atoms with Gasteiger partial charge in [-0.05, 0) is 4.92 Å². The Morgan fingerprint density at radius 1 is 1.50 bits per heavy atom. The van der Waals surface area contributed by atoms with Crippen LogP contribution < -0.4 is 0 Å². The van der Waals surface area contributed by atoms with Gasteiger partial charge in [0.15, 0.2) is 6.33 Å². The van der Waals surface area contributed by atoms with E-state index < -0.39 is 11.0 Å². The van der Waals surface area contributed by atoms with Crippen molar-refractivity contribution in [3.8, 4) is 0 Å². The highest BCUT2D eigenvalue weighted by Gasteiger charge is 2.20. The van der Waals surface area contributed by atoms with E-state index in [4.69, 9.17) is 4.74 Å². The van der Waals surface area contributed by atoms with Crippen molar-refractivity contribution in [2.45, 2.75) is 12.6 Å². The molecule has 0 amide bonds. The molecule has 100 valence electrons. The summed E-state index contributed by atoms with van der Waals surface area (Å²) in [5.41, 5.74) is 0. The average molecular weight is 256 g/mol. The van der Waals surface area contributed by atoms with Crippen molar-refractivity contribution >= 4 is 5.82 Å². The summed E-state index contributed by atoms with van der Waals surface area (Å²) in [7, 11) is 0. The van der Waals surface area contributed by atoms with Gasteiger partial charge in [0.05, 0.1) is 13.2 Å². The summed E-state index contributed by atoms with van der Waals surface area (Å²) in [6.45, 7) is 3.55. The molecule has 0 aromatic carbocycles. The van der Waals surface area contributed by atoms with Gasteiger partial charge < -0.3 is 20.0 Å². The number of hydrogen-bond donors (Lipinski definition) is 1. The van der Waals surface area contributed by atoms with E-state index in [0.29, 0.717) is 19.8 Å². The number of nitrogens with zero attached hydrogens (tertiary/aromatic N) is 4. The standard InChI is InChI=1S/C10H16N4O4/c15-9(6-12-1-3-18-4-2-12)7-13-8-11-5-10(13)14(16)17/h5,8-9,15H,1-4,6-7H2. The molecule has 18 heavy (non-hydrogen) atoms. The second-order valence-electron chi connectivity index (χ2n) is 4.23. The number of ether oxygens (including phenoxy) is 1. The fourth-order valence-electron chi connectivity index (χ4n) is 1.97. The van der Waals surface area contributed by atoms with Crippen LogP contribution >= 0.6 is 0 Å². The van der Waals surface area contributed by atoms with E-state index in [9.17, 15) is 15.2 Å². The van der Waals surface area contributed by atoms with Crippen LogP contribution in [0.2, 0.25) is 0 Å². The maximum atomic E-state index is 10.7. The molecular formula is C10H16N4O4. The van der Waals surface area contributed by atoms with E-state index in [0.717, 1.165) is 13.1 Å². The lowest BCUT2D eigenvalue weighted by atomic mass is 10.3. The second kappa shape index (κ2) is 5.89. The quantitative estimate of drug-likeness (QED) is 0.563. The van der Waals surface area contributed by atoms with Gasteiger partial charge in [-0.1, -0.05) is 0 Å². The summed E-state index contributed by atoms with van der Waals surface area (Å²) in [5.74, 6) is -0.101. The number of aliphatic hydroxyl groups is 1. The van der Waals surface area contributed by atoms with E-state index in [1.165, 1.54) is 17.1 Å². The number of nitro groups is 1. The number of aliphatic hydroxyl groups excluding tert-OH is 1. The fourth-order valence-corrected chi connectivity index (χ4v) is 1.97. The Hall–Kier alpha value is -1.51. The minimum Gasteiger partial charge on any atom is -0.388 e. The highest BCUT2D eigenvalue weighted by Crippen LogP contribution is 2.10. The Morgan fingerprint density at radius 3 is 2.89 bits per heavy atom. The van der Waals surface area contributed by atoms with Crippen molar-refractivity contribution in [2.75, 3.05) is 32.8 Å². The summed E-state index contributed by atoms with van der Waals surface area (Å²) in [6.07, 6.45) is 1.89. The molecule has 1 N–H and O–H groups in total. The SMILES string of the molecule is O=[N+]([O-])c1cncn1CC(O)CN1CCOCC1. The Balaban J connectivity index is 1.88. The van der Waals surface area contributed by atoms with E-state index in [1.807, 2.05) is 0 Å². The third-order valence-electron chi connectivity index (χ3n) is 2.86. The van der Waals surface area contributed by atoms with Gasteiger partial charge in [0.25, 0.3) is 0 Å². The van der Waals surface area contributed by atoms with Gasteiger partial charge >= 0.3 is 5.82 Å². The molecule has 0 spiro atoms. The van der Waals surface area contributed by atoms with Crippen LogP contribution in [0.3, 0.4) is 0 Å². The van der Waals surface area contributed by atoms with Gasteiger partial charge in [0.2, 0.25) is 0 Å². The number of imidazole rings is 1. The highest BCUT2D eigenvalue weighted by molar-refractivity contribution is 5.14. The van der Waals surface area contributed by atoms with Gasteiger partial charge in [-0.3, -0.25) is 4.90 Å². The average Bonchev–Trinajstić information content (AvgIpc) is 2.78. The lowest BCUT2D eigenvalue weighted by Crippen LogP contribution is -2.42. The van der Waals surface area contributed by atoms with Crippen molar-refractivity contribution in [2.24, 2.45) is 0 Å². The van der Waals surface area contributed by atoms with Gasteiger partial charge in [-0.15, -0.1) is 0 Å². The molecule has 0 radical (unpaired) electrons. The van der Waals surface area contributed by atoms with E-state index >= 15 is 0 Å². The molecule has 0 saturated carbocycles. The predicted molar refractivity (Wildman–Crippen MR) is 62.1 cm³/mol. The molecule has 1 aliphatic heterocycles. The van der Waals surface area contributed by atoms with Crippen LogP contribution in [0, 0.1) is 10.1 Å². The lowest BCUT2D eigenvalue weighted by Gasteiger charge is -2.28. The van der Waals surface area contributed by atoms with Crippen LogP contribution in [-0.2, 0) is 11.3 Å². The topological polar surface area (TPSA) is 93.7 Å². The van der Waals surface area contributed by atoms with Crippen LogP contribution in [0.25, 0.3) is 0 Å². The summed E-state index contributed by atoms with van der Waals surface area (Å²) in [6, 6.07) is 0. The summed E-state index contributed by atoms with van der Waals surface area (Å²) in [4.78, 5) is 16.0. The van der Waals surface area contributed by atoms with Crippen LogP contribution in [-0.4, -0.2) is 63.4 Å². The van der Waals surface area contributed by atoms with Gasteiger partial charge in [0.1, 0.15) is 18.8 Å². The van der Waals surface area contributed by atoms with Crippen molar-refractivity contribution < 1.29 is 14.8 Å². The first-order chi connectivity index (χ1) is 8.66. The zero-order valence-corrected chi connectivity index (χ0v) is 9.94. The third-order valence-corrected chi connectivity index (χ3v) is 2.86. The fraction of sp³-hybridized carbons (Fsp3) is 0.700. The summed E-state index contributed by atoms with van der Waals surface area (Å²) < 4.78 is 6.56. The van der Waals surface area contributed by atoms with E-state index in [1.54, 1.807) is 0 Å². The predicted octanol–water partition coefficient (Wildman–Crippen LogP) is -0.516. The van der Waals surface area contributed by atoms with Crippen LogP contribution in [0.4, 0.5) is 5.82 Å². The lowest BCUT2D eigenvalue weighted by molar-refractivity contribution is -0.392. The Kier molecular flexibility index (Phi) is 4.24. The molecule has 1 aromatic rings. The Bertz CT molecular complexity index is 402. The minimum absolute atomic E-state index is 0.101. The molecule has 0 aliphatic carbocycles. The van der Waals surface area contributed by atoms with Gasteiger partial charge in [-0.2, -0.15) is 0 Å². The minimum atomic E-state index is -0.656. The smallest absolute Gasteiger partial charge is 0.342 e. The zero-order chi connectivity index (χ0) is 13.0. The third kappa shape index (κ3) is 3.25. The molecule has 2 rings (SSSR count). The first kappa shape index (κ1) is 12.9. The molecule has 0 bridgehead atoms. The van der Waals surface area contributed by atoms with Gasteiger partial charge in [0, 0.05) is 19.6 Å². The molecule has 1 saturated heterocycles. The van der Waals surface area contributed by atoms with E-state index in [-0.39, 0.29) is 12.4 Å². The van der Waals surface area contributed by atoms with Crippen molar-refractivity contribution in [3.05, 3.63) is 22.6 Å². The number of morpholine rings is 1. The van der Waals surface area contributed by atoms with E-state index in [2.05, 4.69) is 9.88 Å². The zero-order valence-electron chi connectivity index (χ0n) is 9.94. The Labute approximate surface area is 104 Å². The van der Waals surface area contributed by atoms with Crippen LogP contribution in [0.5, 0.6) is 0 Å². The van der Waals surface area contributed by atoms with Crippen LogP contribution in [0.1, 0.15) is 0 Å². The molecule has 1 aliphatic rings. The first-order valence-electron chi connectivity index (χ1n) is 5.79. The molecule has 1 aromatic heterocycles. The van der Waals surface area contributed by atoms with Gasteiger partial charge in [-0.25, -0.2) is 9.55 Å². The van der Waals surface area contributed by atoms with Crippen molar-refractivity contribution in [1.82, 2.24) is 14.5 Å². The number of rotatable bonds is 5. The molecule has 8 nitrogen and oxygen atoms in total.